The Labute approximate surface area is 195 Å². The molecule has 1 aliphatic rings. The molecule has 0 bridgehead atoms. The number of fused-ring (bicyclic) bond motifs is 3. The molecule has 31 heavy (non-hydrogen) atoms. The minimum absolute atomic E-state index is 0.0663. The molecule has 0 saturated carbocycles. The van der Waals surface area contributed by atoms with Crippen LogP contribution in [0, 0.1) is 0 Å². The van der Waals surface area contributed by atoms with Crippen molar-refractivity contribution < 1.29 is 9.59 Å². The number of thioether (sulfide) groups is 1. The molecule has 1 atom stereocenters. The van der Waals surface area contributed by atoms with Crippen LogP contribution >= 0.6 is 35.0 Å². The Morgan fingerprint density at radius 2 is 2.03 bits per heavy atom. The lowest BCUT2D eigenvalue weighted by atomic mass is 10.0. The van der Waals surface area contributed by atoms with E-state index < -0.39 is 6.04 Å². The molecule has 2 N–H and O–H groups in total. The van der Waals surface area contributed by atoms with Crippen molar-refractivity contribution in [3.8, 4) is 0 Å². The minimum atomic E-state index is -0.613. The molecule has 0 saturated heterocycles. The van der Waals surface area contributed by atoms with E-state index in [9.17, 15) is 9.59 Å². The number of hydrogen-bond acceptors (Lipinski definition) is 3. The van der Waals surface area contributed by atoms with Crippen molar-refractivity contribution in [1.82, 2.24) is 15.2 Å². The maximum atomic E-state index is 13.4. The summed E-state index contributed by atoms with van der Waals surface area (Å²) in [6.45, 7) is 1.15. The molecule has 0 aliphatic carbocycles. The van der Waals surface area contributed by atoms with Crippen LogP contribution < -0.4 is 5.32 Å². The molecule has 2 amide bonds. The van der Waals surface area contributed by atoms with E-state index in [0.717, 1.165) is 28.6 Å². The summed E-state index contributed by atoms with van der Waals surface area (Å²) in [7, 11) is 0. The monoisotopic (exact) mass is 475 g/mol. The fourth-order valence-corrected chi connectivity index (χ4v) is 4.94. The third-order valence-electron chi connectivity index (χ3n) is 5.58. The number of hydrogen-bond donors (Lipinski definition) is 2. The number of H-pyrrole nitrogens is 1. The molecule has 0 spiro atoms. The van der Waals surface area contributed by atoms with Crippen LogP contribution in [-0.4, -0.2) is 46.3 Å². The lowest BCUT2D eigenvalue weighted by Gasteiger charge is -2.31. The Balaban J connectivity index is 1.53. The number of benzene rings is 2. The van der Waals surface area contributed by atoms with E-state index in [1.807, 2.05) is 23.3 Å². The molecule has 3 aromatic rings. The number of nitrogens with zero attached hydrogens (tertiary/aromatic N) is 1. The average molecular weight is 476 g/mol. The van der Waals surface area contributed by atoms with Crippen molar-refractivity contribution >= 4 is 57.7 Å². The number of aromatic nitrogens is 1. The van der Waals surface area contributed by atoms with Crippen LogP contribution in [0.1, 0.15) is 28.0 Å². The number of carbonyl (C=O) groups excluding carboxylic acids is 2. The van der Waals surface area contributed by atoms with Crippen molar-refractivity contribution in [2.45, 2.75) is 25.4 Å². The zero-order valence-electron chi connectivity index (χ0n) is 17.1. The first-order valence-electron chi connectivity index (χ1n) is 10.1. The first-order chi connectivity index (χ1) is 15.0. The van der Waals surface area contributed by atoms with Crippen LogP contribution in [0.5, 0.6) is 0 Å². The Hall–Kier alpha value is -2.15. The highest BCUT2D eigenvalue weighted by Crippen LogP contribution is 2.28. The van der Waals surface area contributed by atoms with Gasteiger partial charge in [0, 0.05) is 46.7 Å². The van der Waals surface area contributed by atoms with Gasteiger partial charge in [0.2, 0.25) is 5.91 Å². The van der Waals surface area contributed by atoms with Crippen LogP contribution in [0.3, 0.4) is 0 Å². The highest BCUT2D eigenvalue weighted by molar-refractivity contribution is 7.98. The second-order valence-electron chi connectivity index (χ2n) is 7.57. The summed E-state index contributed by atoms with van der Waals surface area (Å²) in [5, 5.41) is 4.77. The van der Waals surface area contributed by atoms with Gasteiger partial charge in [0.05, 0.1) is 10.6 Å². The van der Waals surface area contributed by atoms with Crippen molar-refractivity contribution in [1.29, 1.82) is 0 Å². The number of aromatic amines is 1. The summed E-state index contributed by atoms with van der Waals surface area (Å²) in [5.41, 5.74) is 3.74. The number of amides is 2. The summed E-state index contributed by atoms with van der Waals surface area (Å²) in [4.78, 5) is 31.6. The molecule has 5 nitrogen and oxygen atoms in total. The first kappa shape index (κ1) is 22.1. The molecule has 162 valence electrons. The Kier molecular flexibility index (Phi) is 6.80. The van der Waals surface area contributed by atoms with Gasteiger partial charge in [0.25, 0.3) is 5.91 Å². The Morgan fingerprint density at radius 1 is 1.23 bits per heavy atom. The predicted octanol–water partition coefficient (Wildman–Crippen LogP) is 4.91. The molecule has 2 aromatic carbocycles. The zero-order chi connectivity index (χ0) is 22.0. The molecular weight excluding hydrogens is 453 g/mol. The minimum Gasteiger partial charge on any atom is -0.358 e. The summed E-state index contributed by atoms with van der Waals surface area (Å²) in [6.07, 6.45) is 3.30. The summed E-state index contributed by atoms with van der Waals surface area (Å²) in [6, 6.07) is 12.3. The molecule has 4 rings (SSSR count). The van der Waals surface area contributed by atoms with Crippen molar-refractivity contribution in [2.75, 3.05) is 18.6 Å². The first-order valence-corrected chi connectivity index (χ1v) is 12.2. The standard InChI is InChI=1S/C23H23Cl2N3O2S/c1-31-11-9-21(27-22(29)16-7-6-14(24)12-18(16)25)23(30)28-10-8-20-17(13-28)15-4-2-3-5-19(15)26-20/h2-7,12,21,26H,8-11,13H2,1H3,(H,27,29). The van der Waals surface area contributed by atoms with Crippen LogP contribution in [0.4, 0.5) is 0 Å². The van der Waals surface area contributed by atoms with Crippen LogP contribution in [0.2, 0.25) is 10.0 Å². The normalized spacial score (nSPS) is 14.4. The van der Waals surface area contributed by atoms with Gasteiger partial charge in [0.15, 0.2) is 0 Å². The summed E-state index contributed by atoms with van der Waals surface area (Å²) < 4.78 is 0. The van der Waals surface area contributed by atoms with Crippen molar-refractivity contribution in [2.24, 2.45) is 0 Å². The SMILES string of the molecule is CSCCC(NC(=O)c1ccc(Cl)cc1Cl)C(=O)N1CCc2[nH]c3ccccc3c2C1. The van der Waals surface area contributed by atoms with Gasteiger partial charge in [-0.2, -0.15) is 11.8 Å². The summed E-state index contributed by atoms with van der Waals surface area (Å²) in [5.74, 6) is 0.325. The van der Waals surface area contributed by atoms with E-state index in [-0.39, 0.29) is 16.8 Å². The second kappa shape index (κ2) is 9.55. The van der Waals surface area contributed by atoms with E-state index in [2.05, 4.69) is 22.4 Å². The quantitative estimate of drug-likeness (QED) is 0.532. The third kappa shape index (κ3) is 4.71. The lowest BCUT2D eigenvalue weighted by Crippen LogP contribution is -2.50. The maximum absolute atomic E-state index is 13.4. The smallest absolute Gasteiger partial charge is 0.253 e. The molecule has 1 aromatic heterocycles. The van der Waals surface area contributed by atoms with Gasteiger partial charge in [-0.05, 0) is 42.7 Å². The number of nitrogens with one attached hydrogen (secondary N) is 2. The zero-order valence-corrected chi connectivity index (χ0v) is 19.4. The van der Waals surface area contributed by atoms with Gasteiger partial charge in [-0.25, -0.2) is 0 Å². The predicted molar refractivity (Wildman–Crippen MR) is 128 cm³/mol. The Bertz CT molecular complexity index is 1130. The van der Waals surface area contributed by atoms with Gasteiger partial charge in [0.1, 0.15) is 6.04 Å². The van der Waals surface area contributed by atoms with E-state index in [4.69, 9.17) is 23.2 Å². The summed E-state index contributed by atoms with van der Waals surface area (Å²) >= 11 is 13.8. The molecular formula is C23H23Cl2N3O2S. The van der Waals surface area contributed by atoms with E-state index >= 15 is 0 Å². The molecule has 1 unspecified atom stereocenters. The topological polar surface area (TPSA) is 65.2 Å². The molecule has 0 radical (unpaired) electrons. The average Bonchev–Trinajstić information content (AvgIpc) is 3.14. The van der Waals surface area contributed by atoms with E-state index in [1.165, 1.54) is 11.8 Å². The molecule has 0 fully saturated rings. The number of para-hydroxylation sites is 1. The maximum Gasteiger partial charge on any atom is 0.253 e. The fraction of sp³-hybridized carbons (Fsp3) is 0.304. The number of halogens is 2. The van der Waals surface area contributed by atoms with Crippen molar-refractivity contribution in [3.63, 3.8) is 0 Å². The highest BCUT2D eigenvalue weighted by atomic mass is 35.5. The molecule has 1 aliphatic heterocycles. The number of rotatable bonds is 6. The molecule has 8 heteroatoms. The van der Waals surface area contributed by atoms with Gasteiger partial charge in [-0.15, -0.1) is 0 Å². The van der Waals surface area contributed by atoms with Crippen LogP contribution in [0.25, 0.3) is 10.9 Å². The largest absolute Gasteiger partial charge is 0.358 e. The van der Waals surface area contributed by atoms with Gasteiger partial charge < -0.3 is 15.2 Å². The van der Waals surface area contributed by atoms with Gasteiger partial charge in [-0.1, -0.05) is 41.4 Å². The number of carbonyl (C=O) groups is 2. The molecule has 2 heterocycles. The van der Waals surface area contributed by atoms with Gasteiger partial charge in [-0.3, -0.25) is 9.59 Å². The van der Waals surface area contributed by atoms with E-state index in [1.54, 1.807) is 23.9 Å². The highest BCUT2D eigenvalue weighted by Gasteiger charge is 2.30. The van der Waals surface area contributed by atoms with Gasteiger partial charge >= 0.3 is 0 Å². The second-order valence-corrected chi connectivity index (χ2v) is 9.40. The van der Waals surface area contributed by atoms with Crippen LogP contribution in [0.15, 0.2) is 42.5 Å². The van der Waals surface area contributed by atoms with Crippen LogP contribution in [-0.2, 0) is 17.8 Å². The van der Waals surface area contributed by atoms with E-state index in [0.29, 0.717) is 30.1 Å². The third-order valence-corrected chi connectivity index (χ3v) is 6.78. The lowest BCUT2D eigenvalue weighted by molar-refractivity contribution is -0.134. The fourth-order valence-electron chi connectivity index (χ4n) is 3.98. The Morgan fingerprint density at radius 3 is 2.81 bits per heavy atom. The van der Waals surface area contributed by atoms with Crippen molar-refractivity contribution in [3.05, 3.63) is 69.3 Å².